The van der Waals surface area contributed by atoms with Gasteiger partial charge in [0, 0.05) is 19.4 Å². The standard InChI is InChI=1S/C20H19N3O3/c1-23-12-11-21-19(23)18(14-7-3-2-4-8-14)22-20(24)17-13-25-15-9-5-6-10-16(15)26-17/h2-12,17-18H,13H2,1H3,(H,22,24)/t17-,18-/m1/s1. The van der Waals surface area contributed by atoms with Crippen LogP contribution in [0, 0.1) is 0 Å². The molecule has 0 saturated heterocycles. The molecular formula is C20H19N3O3. The van der Waals surface area contributed by atoms with E-state index in [0.29, 0.717) is 11.5 Å². The highest BCUT2D eigenvalue weighted by Crippen LogP contribution is 2.31. The van der Waals surface area contributed by atoms with Crippen molar-refractivity contribution < 1.29 is 14.3 Å². The minimum absolute atomic E-state index is 0.172. The predicted octanol–water partition coefficient (Wildman–Crippen LogP) is 2.47. The van der Waals surface area contributed by atoms with Gasteiger partial charge in [0.15, 0.2) is 11.5 Å². The molecule has 2 aromatic carbocycles. The molecule has 0 bridgehead atoms. The quantitative estimate of drug-likeness (QED) is 0.786. The molecule has 0 aliphatic carbocycles. The molecule has 2 heterocycles. The van der Waals surface area contributed by atoms with Crippen LogP contribution in [0.1, 0.15) is 17.4 Å². The lowest BCUT2D eigenvalue weighted by Crippen LogP contribution is -2.45. The summed E-state index contributed by atoms with van der Waals surface area (Å²) in [4.78, 5) is 17.2. The van der Waals surface area contributed by atoms with Gasteiger partial charge in [-0.15, -0.1) is 0 Å². The molecule has 1 aromatic heterocycles. The largest absolute Gasteiger partial charge is 0.485 e. The Morgan fingerprint density at radius 1 is 1.15 bits per heavy atom. The van der Waals surface area contributed by atoms with E-state index in [9.17, 15) is 4.79 Å². The van der Waals surface area contributed by atoms with Crippen LogP contribution in [-0.2, 0) is 11.8 Å². The zero-order valence-electron chi connectivity index (χ0n) is 14.3. The number of para-hydroxylation sites is 2. The summed E-state index contributed by atoms with van der Waals surface area (Å²) >= 11 is 0. The first-order chi connectivity index (χ1) is 12.7. The Kier molecular flexibility index (Phi) is 4.31. The van der Waals surface area contributed by atoms with E-state index < -0.39 is 6.10 Å². The summed E-state index contributed by atoms with van der Waals surface area (Å²) in [5.41, 5.74) is 0.951. The first-order valence-corrected chi connectivity index (χ1v) is 8.43. The molecule has 4 rings (SSSR count). The highest BCUT2D eigenvalue weighted by molar-refractivity contribution is 5.82. The number of aryl methyl sites for hydroxylation is 1. The van der Waals surface area contributed by atoms with Crippen molar-refractivity contribution in [2.75, 3.05) is 6.61 Å². The first kappa shape index (κ1) is 16.2. The molecule has 1 amide bonds. The first-order valence-electron chi connectivity index (χ1n) is 8.43. The van der Waals surface area contributed by atoms with Gasteiger partial charge in [-0.25, -0.2) is 4.98 Å². The zero-order valence-corrected chi connectivity index (χ0v) is 14.3. The van der Waals surface area contributed by atoms with Crippen LogP contribution in [-0.4, -0.2) is 28.2 Å². The van der Waals surface area contributed by atoms with Gasteiger partial charge in [-0.3, -0.25) is 4.79 Å². The summed E-state index contributed by atoms with van der Waals surface area (Å²) in [6.07, 6.45) is 2.86. The average molecular weight is 349 g/mol. The summed E-state index contributed by atoms with van der Waals surface area (Å²) in [6.45, 7) is 0.172. The van der Waals surface area contributed by atoms with Crippen LogP contribution in [0.2, 0.25) is 0 Å². The fourth-order valence-corrected chi connectivity index (χ4v) is 2.98. The highest BCUT2D eigenvalue weighted by atomic mass is 16.6. The number of aromatic nitrogens is 2. The normalized spacial score (nSPS) is 16.7. The molecular weight excluding hydrogens is 330 g/mol. The van der Waals surface area contributed by atoms with E-state index in [0.717, 1.165) is 11.4 Å². The van der Waals surface area contributed by atoms with Gasteiger partial charge in [0.1, 0.15) is 18.5 Å². The fourth-order valence-electron chi connectivity index (χ4n) is 2.98. The van der Waals surface area contributed by atoms with E-state index in [1.165, 1.54) is 0 Å². The molecule has 132 valence electrons. The van der Waals surface area contributed by atoms with Crippen molar-refractivity contribution in [2.24, 2.45) is 7.05 Å². The monoisotopic (exact) mass is 349 g/mol. The lowest BCUT2D eigenvalue weighted by molar-refractivity contribution is -0.130. The molecule has 1 aliphatic heterocycles. The van der Waals surface area contributed by atoms with Gasteiger partial charge < -0.3 is 19.4 Å². The molecule has 1 N–H and O–H groups in total. The number of nitrogens with zero attached hydrogens (tertiary/aromatic N) is 2. The number of rotatable bonds is 4. The number of nitrogens with one attached hydrogen (secondary N) is 1. The fraction of sp³-hybridized carbons (Fsp3) is 0.200. The number of hydrogen-bond donors (Lipinski definition) is 1. The summed E-state index contributed by atoms with van der Waals surface area (Å²) < 4.78 is 13.4. The van der Waals surface area contributed by atoms with Crippen molar-refractivity contribution in [3.8, 4) is 11.5 Å². The molecule has 3 aromatic rings. The van der Waals surface area contributed by atoms with Gasteiger partial charge in [0.05, 0.1) is 0 Å². The molecule has 6 heteroatoms. The van der Waals surface area contributed by atoms with E-state index in [-0.39, 0.29) is 18.6 Å². The average Bonchev–Trinajstić information content (AvgIpc) is 3.12. The van der Waals surface area contributed by atoms with Gasteiger partial charge in [-0.05, 0) is 17.7 Å². The van der Waals surface area contributed by atoms with Crippen LogP contribution >= 0.6 is 0 Å². The van der Waals surface area contributed by atoms with Crippen LogP contribution in [0.15, 0.2) is 67.0 Å². The maximum absolute atomic E-state index is 12.8. The number of fused-ring (bicyclic) bond motifs is 1. The summed E-state index contributed by atoms with van der Waals surface area (Å²) in [5, 5.41) is 3.05. The number of hydrogen-bond acceptors (Lipinski definition) is 4. The van der Waals surface area contributed by atoms with Crippen molar-refractivity contribution in [3.63, 3.8) is 0 Å². The van der Waals surface area contributed by atoms with Crippen molar-refractivity contribution in [1.82, 2.24) is 14.9 Å². The molecule has 2 atom stereocenters. The van der Waals surface area contributed by atoms with Gasteiger partial charge in [-0.1, -0.05) is 42.5 Å². The van der Waals surface area contributed by atoms with Crippen molar-refractivity contribution in [2.45, 2.75) is 12.1 Å². The Morgan fingerprint density at radius 2 is 1.88 bits per heavy atom. The Hall–Kier alpha value is -3.28. The Labute approximate surface area is 151 Å². The predicted molar refractivity (Wildman–Crippen MR) is 96.0 cm³/mol. The second kappa shape index (κ2) is 6.92. The lowest BCUT2D eigenvalue weighted by atomic mass is 10.1. The third kappa shape index (κ3) is 3.13. The number of benzene rings is 2. The number of imidazole rings is 1. The molecule has 1 aliphatic rings. The van der Waals surface area contributed by atoms with Gasteiger partial charge >= 0.3 is 0 Å². The van der Waals surface area contributed by atoms with Gasteiger partial charge in [0.2, 0.25) is 6.10 Å². The van der Waals surface area contributed by atoms with Crippen molar-refractivity contribution >= 4 is 5.91 Å². The molecule has 0 saturated carbocycles. The van der Waals surface area contributed by atoms with Gasteiger partial charge in [-0.2, -0.15) is 0 Å². The Balaban J connectivity index is 1.57. The third-order valence-corrected chi connectivity index (χ3v) is 4.34. The Bertz CT molecular complexity index is 907. The topological polar surface area (TPSA) is 65.4 Å². The van der Waals surface area contributed by atoms with Crippen LogP contribution in [0.25, 0.3) is 0 Å². The van der Waals surface area contributed by atoms with Crippen LogP contribution in [0.3, 0.4) is 0 Å². The second-order valence-corrected chi connectivity index (χ2v) is 6.11. The maximum atomic E-state index is 12.8. The Morgan fingerprint density at radius 3 is 2.62 bits per heavy atom. The number of carbonyl (C=O) groups is 1. The zero-order chi connectivity index (χ0) is 17.9. The number of ether oxygens (including phenoxy) is 2. The van der Waals surface area contributed by atoms with E-state index in [1.54, 1.807) is 12.3 Å². The molecule has 26 heavy (non-hydrogen) atoms. The van der Waals surface area contributed by atoms with Crippen molar-refractivity contribution in [3.05, 3.63) is 78.4 Å². The summed E-state index contributed by atoms with van der Waals surface area (Å²) in [7, 11) is 1.90. The number of carbonyl (C=O) groups excluding carboxylic acids is 1. The third-order valence-electron chi connectivity index (χ3n) is 4.34. The minimum atomic E-state index is -0.712. The summed E-state index contributed by atoms with van der Waals surface area (Å²) in [5.74, 6) is 1.74. The molecule has 6 nitrogen and oxygen atoms in total. The number of amides is 1. The molecule has 0 fully saturated rings. The van der Waals surface area contributed by atoms with E-state index in [2.05, 4.69) is 10.3 Å². The summed E-state index contributed by atoms with van der Waals surface area (Å²) in [6, 6.07) is 16.7. The second-order valence-electron chi connectivity index (χ2n) is 6.11. The van der Waals surface area contributed by atoms with Crippen LogP contribution in [0.4, 0.5) is 0 Å². The van der Waals surface area contributed by atoms with E-state index in [4.69, 9.17) is 9.47 Å². The van der Waals surface area contributed by atoms with E-state index in [1.807, 2.05) is 66.3 Å². The van der Waals surface area contributed by atoms with Crippen LogP contribution in [0.5, 0.6) is 11.5 Å². The van der Waals surface area contributed by atoms with Gasteiger partial charge in [0.25, 0.3) is 5.91 Å². The molecule has 0 unspecified atom stereocenters. The smallest absolute Gasteiger partial charge is 0.265 e. The molecule has 0 spiro atoms. The maximum Gasteiger partial charge on any atom is 0.265 e. The minimum Gasteiger partial charge on any atom is -0.485 e. The molecule has 0 radical (unpaired) electrons. The van der Waals surface area contributed by atoms with Crippen molar-refractivity contribution in [1.29, 1.82) is 0 Å². The SMILES string of the molecule is Cn1ccnc1[C@H](NC(=O)[C@H]1COc2ccccc2O1)c1ccccc1. The van der Waals surface area contributed by atoms with Crippen LogP contribution < -0.4 is 14.8 Å². The lowest BCUT2D eigenvalue weighted by Gasteiger charge is -2.27. The highest BCUT2D eigenvalue weighted by Gasteiger charge is 2.30. The van der Waals surface area contributed by atoms with E-state index >= 15 is 0 Å².